The van der Waals surface area contributed by atoms with E-state index < -0.39 is 30.6 Å². The fraction of sp³-hybridized carbons (Fsp3) is 0.667. The number of aliphatic hydroxyl groups is 1. The molecule has 1 atom stereocenters. The summed E-state index contributed by atoms with van der Waals surface area (Å²) in [5.74, 6) is -1.96. The number of carboxylic acid groups (broad SMARTS) is 1. The minimum absolute atomic E-state index is 0.207. The van der Waals surface area contributed by atoms with Crippen LogP contribution in [0, 0.1) is 0 Å². The van der Waals surface area contributed by atoms with Gasteiger partial charge < -0.3 is 25.2 Å². The molecule has 0 aromatic rings. The molecule has 0 rings (SSSR count). The molecule has 8 heteroatoms. The summed E-state index contributed by atoms with van der Waals surface area (Å²) >= 11 is 0. The van der Waals surface area contributed by atoms with E-state index >= 15 is 0 Å². The third kappa shape index (κ3) is 5.16. The molecule has 0 aromatic carbocycles. The molecule has 0 saturated heterocycles. The largest absolute Gasteiger partial charge is 0.480 e. The molecule has 3 N–H and O–H groups in total. The highest BCUT2D eigenvalue weighted by atomic mass is 16.5. The number of esters is 1. The first-order valence-electron chi connectivity index (χ1n) is 4.92. The molecule has 0 aliphatic heterocycles. The Morgan fingerprint density at radius 1 is 1.41 bits per heavy atom. The minimum atomic E-state index is -1.39. The highest BCUT2D eigenvalue weighted by molar-refractivity contribution is 5.85. The number of hydrogen-bond donors (Lipinski definition) is 3. The Labute approximate surface area is 98.2 Å². The van der Waals surface area contributed by atoms with Gasteiger partial charge in [-0.1, -0.05) is 0 Å². The second-order valence-electron chi connectivity index (χ2n) is 3.11. The molecule has 17 heavy (non-hydrogen) atoms. The summed E-state index contributed by atoms with van der Waals surface area (Å²) in [7, 11) is 1.18. The highest BCUT2D eigenvalue weighted by Crippen LogP contribution is 1.93. The van der Waals surface area contributed by atoms with Crippen molar-refractivity contribution in [1.29, 1.82) is 0 Å². The van der Waals surface area contributed by atoms with Crippen LogP contribution in [0.2, 0.25) is 0 Å². The molecule has 0 heterocycles. The van der Waals surface area contributed by atoms with Crippen molar-refractivity contribution in [1.82, 2.24) is 10.2 Å². The van der Waals surface area contributed by atoms with Crippen LogP contribution in [0.3, 0.4) is 0 Å². The molecule has 98 valence electrons. The molecular weight excluding hydrogens is 232 g/mol. The van der Waals surface area contributed by atoms with Gasteiger partial charge in [0.25, 0.3) is 0 Å². The van der Waals surface area contributed by atoms with Gasteiger partial charge in [0, 0.05) is 6.54 Å². The Balaban J connectivity index is 4.43. The zero-order chi connectivity index (χ0) is 13.4. The predicted molar refractivity (Wildman–Crippen MR) is 56.3 cm³/mol. The molecular formula is C9H16N2O6. The summed E-state index contributed by atoms with van der Waals surface area (Å²) in [5, 5.41) is 19.4. The molecule has 0 saturated carbocycles. The summed E-state index contributed by atoms with van der Waals surface area (Å²) in [4.78, 5) is 34.1. The number of nitrogens with one attached hydrogen (secondary N) is 1. The average molecular weight is 248 g/mol. The number of amides is 2. The first-order valence-corrected chi connectivity index (χ1v) is 4.92. The van der Waals surface area contributed by atoms with Gasteiger partial charge in [0.1, 0.15) is 6.54 Å². The van der Waals surface area contributed by atoms with E-state index in [-0.39, 0.29) is 13.1 Å². The van der Waals surface area contributed by atoms with E-state index in [1.807, 2.05) is 0 Å². The van der Waals surface area contributed by atoms with Crippen LogP contribution in [0.1, 0.15) is 6.92 Å². The first-order chi connectivity index (χ1) is 7.96. The van der Waals surface area contributed by atoms with Crippen molar-refractivity contribution < 1.29 is 29.3 Å². The van der Waals surface area contributed by atoms with E-state index in [4.69, 9.17) is 10.2 Å². The Morgan fingerprint density at radius 3 is 2.35 bits per heavy atom. The lowest BCUT2D eigenvalue weighted by molar-refractivity contribution is -0.141. The number of carbonyl (C=O) groups is 3. The number of aliphatic carboxylic acids is 1. The molecule has 0 aliphatic rings. The van der Waals surface area contributed by atoms with E-state index in [1.165, 1.54) is 7.11 Å². The number of nitrogens with zero attached hydrogens (tertiary/aromatic N) is 1. The van der Waals surface area contributed by atoms with E-state index in [1.54, 1.807) is 6.92 Å². The Hall–Kier alpha value is -1.83. The average Bonchev–Trinajstić information content (AvgIpc) is 2.31. The summed E-state index contributed by atoms with van der Waals surface area (Å²) in [5.41, 5.74) is 0. The standard InChI is InChI=1S/C9H16N2O6/c1-3-11(4-7(13)17-2)9(16)10-6(5-12)8(14)15/h6,12H,3-5H2,1-2H3,(H,10,16)(H,14,15). The number of rotatable bonds is 6. The minimum Gasteiger partial charge on any atom is -0.480 e. The van der Waals surface area contributed by atoms with E-state index in [0.29, 0.717) is 0 Å². The van der Waals surface area contributed by atoms with E-state index in [9.17, 15) is 14.4 Å². The van der Waals surface area contributed by atoms with Crippen molar-refractivity contribution in [3.05, 3.63) is 0 Å². The maximum atomic E-state index is 11.5. The third-order valence-corrected chi connectivity index (χ3v) is 1.99. The Bertz CT molecular complexity index is 293. The first kappa shape index (κ1) is 15.2. The lowest BCUT2D eigenvalue weighted by Crippen LogP contribution is -2.50. The number of urea groups is 1. The number of aliphatic hydroxyl groups excluding tert-OH is 1. The van der Waals surface area contributed by atoms with Crippen LogP contribution >= 0.6 is 0 Å². The van der Waals surface area contributed by atoms with Crippen molar-refractivity contribution in [2.75, 3.05) is 26.8 Å². The number of carboxylic acids is 1. The fourth-order valence-electron chi connectivity index (χ4n) is 0.973. The zero-order valence-electron chi connectivity index (χ0n) is 9.67. The van der Waals surface area contributed by atoms with Gasteiger partial charge in [-0.25, -0.2) is 9.59 Å². The molecule has 0 spiro atoms. The number of hydrogen-bond acceptors (Lipinski definition) is 5. The van der Waals surface area contributed by atoms with Crippen molar-refractivity contribution in [2.45, 2.75) is 13.0 Å². The van der Waals surface area contributed by atoms with Crippen LogP contribution < -0.4 is 5.32 Å². The smallest absolute Gasteiger partial charge is 0.328 e. The number of ether oxygens (including phenoxy) is 1. The number of carbonyl (C=O) groups excluding carboxylic acids is 2. The van der Waals surface area contributed by atoms with Gasteiger partial charge in [-0.2, -0.15) is 0 Å². The molecule has 0 aromatic heterocycles. The second-order valence-corrected chi connectivity index (χ2v) is 3.11. The van der Waals surface area contributed by atoms with Crippen molar-refractivity contribution >= 4 is 18.0 Å². The van der Waals surface area contributed by atoms with Gasteiger partial charge >= 0.3 is 18.0 Å². The SMILES string of the molecule is CCN(CC(=O)OC)C(=O)NC(CO)C(=O)O. The molecule has 0 radical (unpaired) electrons. The van der Waals surface area contributed by atoms with Crippen LogP contribution in [0.5, 0.6) is 0 Å². The normalized spacial score (nSPS) is 11.5. The van der Waals surface area contributed by atoms with Crippen LogP contribution in [-0.2, 0) is 14.3 Å². The van der Waals surface area contributed by atoms with Gasteiger partial charge in [-0.05, 0) is 6.92 Å². The van der Waals surface area contributed by atoms with Crippen LogP contribution in [0.25, 0.3) is 0 Å². The van der Waals surface area contributed by atoms with Crippen molar-refractivity contribution in [3.8, 4) is 0 Å². The van der Waals surface area contributed by atoms with Crippen molar-refractivity contribution in [3.63, 3.8) is 0 Å². The third-order valence-electron chi connectivity index (χ3n) is 1.99. The Kier molecular flexibility index (Phi) is 6.64. The van der Waals surface area contributed by atoms with Gasteiger partial charge in [0.15, 0.2) is 6.04 Å². The lowest BCUT2D eigenvalue weighted by atomic mass is 10.3. The molecule has 1 unspecified atom stereocenters. The summed E-state index contributed by atoms with van der Waals surface area (Å²) in [6, 6.07) is -2.14. The number of methoxy groups -OCH3 is 1. The molecule has 8 nitrogen and oxygen atoms in total. The topological polar surface area (TPSA) is 116 Å². The summed E-state index contributed by atoms with van der Waals surface area (Å²) in [6.45, 7) is 0.823. The maximum Gasteiger partial charge on any atom is 0.328 e. The molecule has 0 fully saturated rings. The van der Waals surface area contributed by atoms with Gasteiger partial charge in [-0.15, -0.1) is 0 Å². The molecule has 0 bridgehead atoms. The molecule has 2 amide bonds. The van der Waals surface area contributed by atoms with E-state index in [2.05, 4.69) is 10.1 Å². The summed E-state index contributed by atoms with van der Waals surface area (Å²) in [6.07, 6.45) is 0. The van der Waals surface area contributed by atoms with Crippen molar-refractivity contribution in [2.24, 2.45) is 0 Å². The van der Waals surface area contributed by atoms with Gasteiger partial charge in [0.2, 0.25) is 0 Å². The van der Waals surface area contributed by atoms with Gasteiger partial charge in [0.05, 0.1) is 13.7 Å². The predicted octanol–water partition coefficient (Wildman–Crippen LogP) is -1.36. The molecule has 0 aliphatic carbocycles. The number of likely N-dealkylation sites (N-methyl/N-ethyl adjacent to an activating group) is 1. The van der Waals surface area contributed by atoms with Crippen LogP contribution in [0.4, 0.5) is 4.79 Å². The lowest BCUT2D eigenvalue weighted by Gasteiger charge is -2.22. The monoisotopic (exact) mass is 248 g/mol. The second kappa shape index (κ2) is 7.44. The zero-order valence-corrected chi connectivity index (χ0v) is 9.67. The van der Waals surface area contributed by atoms with E-state index in [0.717, 1.165) is 4.90 Å². The maximum absolute atomic E-state index is 11.5. The fourth-order valence-corrected chi connectivity index (χ4v) is 0.973. The Morgan fingerprint density at radius 2 is 2.00 bits per heavy atom. The van der Waals surface area contributed by atoms with Crippen LogP contribution in [-0.4, -0.2) is 65.9 Å². The highest BCUT2D eigenvalue weighted by Gasteiger charge is 2.23. The van der Waals surface area contributed by atoms with Crippen LogP contribution in [0.15, 0.2) is 0 Å². The van der Waals surface area contributed by atoms with Gasteiger partial charge in [-0.3, -0.25) is 4.79 Å². The quantitative estimate of drug-likeness (QED) is 0.500. The summed E-state index contributed by atoms with van der Waals surface area (Å²) < 4.78 is 4.39.